The van der Waals surface area contributed by atoms with E-state index in [1.54, 1.807) is 12.3 Å². The van der Waals surface area contributed by atoms with Crippen molar-refractivity contribution >= 4 is 12.0 Å². The van der Waals surface area contributed by atoms with Crippen molar-refractivity contribution < 1.29 is 14.3 Å². The summed E-state index contributed by atoms with van der Waals surface area (Å²) in [4.78, 5) is 19.5. The highest BCUT2D eigenvalue weighted by Gasteiger charge is 2.08. The fourth-order valence-electron chi connectivity index (χ4n) is 2.56. The van der Waals surface area contributed by atoms with E-state index < -0.39 is 6.09 Å². The maximum atomic E-state index is 11.2. The monoisotopic (exact) mass is 343 g/mol. The first-order valence-electron chi connectivity index (χ1n) is 8.39. The molecule has 0 fully saturated rings. The van der Waals surface area contributed by atoms with Gasteiger partial charge in [-0.1, -0.05) is 20.8 Å². The van der Waals surface area contributed by atoms with E-state index in [4.69, 9.17) is 4.74 Å². The molecule has 0 aliphatic carbocycles. The fourth-order valence-corrected chi connectivity index (χ4v) is 2.56. The average molecular weight is 343 g/mol. The van der Waals surface area contributed by atoms with Crippen LogP contribution >= 0.6 is 0 Å². The van der Waals surface area contributed by atoms with Crippen LogP contribution in [0.15, 0.2) is 36.5 Å². The predicted molar refractivity (Wildman–Crippen MR) is 97.6 cm³/mol. The molecule has 0 aliphatic rings. The molecule has 6 nitrogen and oxygen atoms in total. The van der Waals surface area contributed by atoms with Gasteiger partial charge in [0.05, 0.1) is 19.4 Å². The van der Waals surface area contributed by atoms with Gasteiger partial charge in [-0.15, -0.1) is 0 Å². The van der Waals surface area contributed by atoms with Crippen LogP contribution in [0.2, 0.25) is 0 Å². The molecule has 1 atom stereocenters. The van der Waals surface area contributed by atoms with Crippen LogP contribution in [-0.4, -0.2) is 29.8 Å². The molecule has 25 heavy (non-hydrogen) atoms. The number of aromatic nitrogens is 2. The fraction of sp³-hybridized carbons (Fsp3) is 0.421. The van der Waals surface area contributed by atoms with E-state index in [1.165, 1.54) is 7.11 Å². The number of hydrogen-bond donors (Lipinski definition) is 1. The van der Waals surface area contributed by atoms with E-state index in [2.05, 4.69) is 40.8 Å². The van der Waals surface area contributed by atoms with Crippen LogP contribution in [0.25, 0.3) is 11.3 Å². The molecule has 1 aromatic heterocycles. The molecule has 0 spiro atoms. The number of hydrogen-bond acceptors (Lipinski definition) is 5. The molecule has 0 bridgehead atoms. The Morgan fingerprint density at radius 3 is 2.52 bits per heavy atom. The second-order valence-electron chi connectivity index (χ2n) is 6.45. The number of carbonyl (C=O) groups excluding carboxylic acids is 1. The zero-order valence-corrected chi connectivity index (χ0v) is 15.2. The highest BCUT2D eigenvalue weighted by atomic mass is 16.5. The molecule has 2 aromatic rings. The molecular formula is C19H25N3O3. The van der Waals surface area contributed by atoms with E-state index >= 15 is 0 Å². The van der Waals surface area contributed by atoms with Crippen molar-refractivity contribution in [3.8, 4) is 17.0 Å². The first kappa shape index (κ1) is 18.7. The Morgan fingerprint density at radius 2 is 1.88 bits per heavy atom. The minimum atomic E-state index is -0.601. The highest BCUT2D eigenvalue weighted by Crippen LogP contribution is 2.22. The van der Waals surface area contributed by atoms with Crippen LogP contribution in [0.1, 0.15) is 27.2 Å². The summed E-state index contributed by atoms with van der Waals surface area (Å²) in [5.74, 6) is 2.23. The summed E-state index contributed by atoms with van der Waals surface area (Å²) in [5, 5.41) is 2.45. The smallest absolute Gasteiger partial charge is 0.413 e. The van der Waals surface area contributed by atoms with Gasteiger partial charge >= 0.3 is 6.09 Å². The van der Waals surface area contributed by atoms with E-state index in [9.17, 15) is 4.79 Å². The van der Waals surface area contributed by atoms with Crippen molar-refractivity contribution in [1.82, 2.24) is 9.97 Å². The SMILES string of the molecule is COC(=O)Nc1nccc(-c2ccc(OCC(C)CC(C)C)cc2)n1. The molecule has 1 N–H and O–H groups in total. The Hall–Kier alpha value is -2.63. The Balaban J connectivity index is 2.00. The minimum Gasteiger partial charge on any atom is -0.493 e. The Morgan fingerprint density at radius 1 is 1.16 bits per heavy atom. The summed E-state index contributed by atoms with van der Waals surface area (Å²) in [6.45, 7) is 7.34. The third-order valence-corrected chi connectivity index (χ3v) is 3.61. The van der Waals surface area contributed by atoms with Crippen LogP contribution in [0, 0.1) is 11.8 Å². The maximum Gasteiger partial charge on any atom is 0.413 e. The van der Waals surface area contributed by atoms with Gasteiger partial charge in [0.1, 0.15) is 5.75 Å². The van der Waals surface area contributed by atoms with E-state index in [1.807, 2.05) is 24.3 Å². The number of anilines is 1. The van der Waals surface area contributed by atoms with Crippen LogP contribution < -0.4 is 10.1 Å². The second kappa shape index (κ2) is 9.01. The van der Waals surface area contributed by atoms with Gasteiger partial charge in [-0.2, -0.15) is 0 Å². The maximum absolute atomic E-state index is 11.2. The number of benzene rings is 1. The number of amides is 1. The topological polar surface area (TPSA) is 73.3 Å². The average Bonchev–Trinajstić information content (AvgIpc) is 2.60. The standard InChI is InChI=1S/C19H25N3O3/c1-13(2)11-14(3)12-25-16-7-5-15(6-8-16)17-9-10-20-18(21-17)22-19(23)24-4/h5-10,13-14H,11-12H2,1-4H3,(H,20,21,22,23). The van der Waals surface area contributed by atoms with Gasteiger partial charge in [-0.3, -0.25) is 5.32 Å². The van der Waals surface area contributed by atoms with Crippen molar-refractivity contribution in [2.24, 2.45) is 11.8 Å². The third-order valence-electron chi connectivity index (χ3n) is 3.61. The largest absolute Gasteiger partial charge is 0.493 e. The van der Waals surface area contributed by atoms with Crippen molar-refractivity contribution in [3.05, 3.63) is 36.5 Å². The molecule has 6 heteroatoms. The zero-order chi connectivity index (χ0) is 18.2. The number of ether oxygens (including phenoxy) is 2. The van der Waals surface area contributed by atoms with Crippen LogP contribution in [-0.2, 0) is 4.74 Å². The highest BCUT2D eigenvalue weighted by molar-refractivity contribution is 5.82. The van der Waals surface area contributed by atoms with Crippen molar-refractivity contribution in [3.63, 3.8) is 0 Å². The number of rotatable bonds is 7. The molecule has 0 aliphatic heterocycles. The predicted octanol–water partition coefficient (Wildman–Crippen LogP) is 4.38. The van der Waals surface area contributed by atoms with Gasteiger partial charge in [-0.25, -0.2) is 14.8 Å². The first-order chi connectivity index (χ1) is 12.0. The van der Waals surface area contributed by atoms with E-state index in [0.29, 0.717) is 24.1 Å². The van der Waals surface area contributed by atoms with Gasteiger partial charge in [0.25, 0.3) is 0 Å². The molecule has 0 radical (unpaired) electrons. The summed E-state index contributed by atoms with van der Waals surface area (Å²) >= 11 is 0. The third kappa shape index (κ3) is 6.06. The molecule has 0 saturated carbocycles. The lowest BCUT2D eigenvalue weighted by molar-refractivity contribution is 0.186. The molecular weight excluding hydrogens is 318 g/mol. The lowest BCUT2D eigenvalue weighted by Gasteiger charge is -2.15. The van der Waals surface area contributed by atoms with Gasteiger partial charge in [0.2, 0.25) is 5.95 Å². The number of nitrogens with one attached hydrogen (secondary N) is 1. The molecule has 1 heterocycles. The molecule has 134 valence electrons. The molecule has 1 unspecified atom stereocenters. The number of carbonyl (C=O) groups is 1. The lowest BCUT2D eigenvalue weighted by Crippen LogP contribution is -2.13. The normalized spacial score (nSPS) is 11.9. The Bertz CT molecular complexity index is 687. The summed E-state index contributed by atoms with van der Waals surface area (Å²) in [7, 11) is 1.29. The quantitative estimate of drug-likeness (QED) is 0.807. The van der Waals surface area contributed by atoms with Gasteiger partial charge < -0.3 is 9.47 Å². The molecule has 1 aromatic carbocycles. The summed E-state index contributed by atoms with van der Waals surface area (Å²) in [6, 6.07) is 9.50. The number of nitrogens with zero attached hydrogens (tertiary/aromatic N) is 2. The first-order valence-corrected chi connectivity index (χ1v) is 8.39. The molecule has 2 rings (SSSR count). The van der Waals surface area contributed by atoms with E-state index in [0.717, 1.165) is 17.7 Å². The summed E-state index contributed by atoms with van der Waals surface area (Å²) in [6.07, 6.45) is 2.14. The molecule has 0 saturated heterocycles. The van der Waals surface area contributed by atoms with Crippen LogP contribution in [0.4, 0.5) is 10.7 Å². The van der Waals surface area contributed by atoms with Crippen molar-refractivity contribution in [2.75, 3.05) is 19.0 Å². The van der Waals surface area contributed by atoms with Gasteiger partial charge in [-0.05, 0) is 48.6 Å². The second-order valence-corrected chi connectivity index (χ2v) is 6.45. The molecule has 1 amide bonds. The minimum absolute atomic E-state index is 0.201. The Labute approximate surface area is 148 Å². The van der Waals surface area contributed by atoms with E-state index in [-0.39, 0.29) is 5.95 Å². The number of methoxy groups -OCH3 is 1. The Kier molecular flexibility index (Phi) is 6.74. The zero-order valence-electron chi connectivity index (χ0n) is 15.2. The van der Waals surface area contributed by atoms with Gasteiger partial charge in [0.15, 0.2) is 0 Å². The van der Waals surface area contributed by atoms with Gasteiger partial charge in [0, 0.05) is 11.8 Å². The van der Waals surface area contributed by atoms with Crippen LogP contribution in [0.5, 0.6) is 5.75 Å². The summed E-state index contributed by atoms with van der Waals surface area (Å²) < 4.78 is 10.4. The van der Waals surface area contributed by atoms with Crippen LogP contribution in [0.3, 0.4) is 0 Å². The summed E-state index contributed by atoms with van der Waals surface area (Å²) in [5.41, 5.74) is 1.62. The lowest BCUT2D eigenvalue weighted by atomic mass is 10.00. The van der Waals surface area contributed by atoms with Crippen molar-refractivity contribution in [2.45, 2.75) is 27.2 Å². The van der Waals surface area contributed by atoms with Crippen molar-refractivity contribution in [1.29, 1.82) is 0 Å².